The highest BCUT2D eigenvalue weighted by Crippen LogP contribution is 2.10. The number of imidazole rings is 1. The van der Waals surface area contributed by atoms with Crippen molar-refractivity contribution < 1.29 is 0 Å². The number of hydrogen-bond acceptors (Lipinski definition) is 5. The molecule has 0 fully saturated rings. The van der Waals surface area contributed by atoms with Crippen LogP contribution in [0.25, 0.3) is 5.82 Å². The number of rotatable bonds is 4. The zero-order chi connectivity index (χ0) is 13.1. The van der Waals surface area contributed by atoms with E-state index in [1.165, 1.54) is 6.33 Å². The third-order valence-corrected chi connectivity index (χ3v) is 2.80. The minimum atomic E-state index is 0.666. The van der Waals surface area contributed by atoms with Gasteiger partial charge < -0.3 is 10.3 Å². The molecule has 96 valence electrons. The summed E-state index contributed by atoms with van der Waals surface area (Å²) in [6.07, 6.45) is 6.55. The number of aromatic amines is 1. The maximum Gasteiger partial charge on any atom is 0.155 e. The quantitative estimate of drug-likeness (QED) is 0.734. The fraction of sp³-hybridized carbons (Fsp3) is 0.167. The molecular weight excluding hydrogens is 242 g/mol. The normalized spacial score (nSPS) is 10.6. The van der Waals surface area contributed by atoms with Gasteiger partial charge in [0.05, 0.1) is 30.5 Å². The standard InChI is InChI=1S/C12H13N7/c1-9-11(17-7-16-9)5-14-10-2-3-12(15-4-10)19-8-13-6-18-19/h2-4,6-8,14H,5H2,1H3,(H,16,17). The zero-order valence-corrected chi connectivity index (χ0v) is 10.4. The van der Waals surface area contributed by atoms with Crippen LogP contribution in [0.15, 0.2) is 37.3 Å². The van der Waals surface area contributed by atoms with Crippen LogP contribution in [0.5, 0.6) is 0 Å². The molecule has 0 radical (unpaired) electrons. The minimum Gasteiger partial charge on any atom is -0.378 e. The molecule has 19 heavy (non-hydrogen) atoms. The lowest BCUT2D eigenvalue weighted by Gasteiger charge is -2.06. The van der Waals surface area contributed by atoms with Gasteiger partial charge in [0, 0.05) is 5.69 Å². The Kier molecular flexibility index (Phi) is 2.93. The van der Waals surface area contributed by atoms with Gasteiger partial charge in [-0.05, 0) is 19.1 Å². The van der Waals surface area contributed by atoms with Crippen molar-refractivity contribution in [3.63, 3.8) is 0 Å². The van der Waals surface area contributed by atoms with Gasteiger partial charge in [-0.25, -0.2) is 19.6 Å². The Labute approximate surface area is 109 Å². The van der Waals surface area contributed by atoms with Gasteiger partial charge in [0.1, 0.15) is 12.7 Å². The Balaban J connectivity index is 1.68. The molecule has 0 aliphatic carbocycles. The second-order valence-electron chi connectivity index (χ2n) is 4.07. The predicted octanol–water partition coefficient (Wildman–Crippen LogP) is 1.31. The van der Waals surface area contributed by atoms with E-state index in [9.17, 15) is 0 Å². The number of H-pyrrole nitrogens is 1. The Morgan fingerprint density at radius 2 is 2.26 bits per heavy atom. The summed E-state index contributed by atoms with van der Waals surface area (Å²) in [7, 11) is 0. The van der Waals surface area contributed by atoms with Crippen LogP contribution in [-0.4, -0.2) is 29.7 Å². The van der Waals surface area contributed by atoms with Gasteiger partial charge >= 0.3 is 0 Å². The van der Waals surface area contributed by atoms with Crippen LogP contribution in [0, 0.1) is 6.92 Å². The van der Waals surface area contributed by atoms with E-state index in [2.05, 4.69) is 30.4 Å². The first-order chi connectivity index (χ1) is 9.33. The summed E-state index contributed by atoms with van der Waals surface area (Å²) < 4.78 is 1.61. The van der Waals surface area contributed by atoms with Crippen LogP contribution >= 0.6 is 0 Å². The van der Waals surface area contributed by atoms with Gasteiger partial charge in [0.15, 0.2) is 5.82 Å². The Hall–Kier alpha value is -2.70. The van der Waals surface area contributed by atoms with E-state index >= 15 is 0 Å². The van der Waals surface area contributed by atoms with Gasteiger partial charge in [0.25, 0.3) is 0 Å². The van der Waals surface area contributed by atoms with E-state index in [4.69, 9.17) is 0 Å². The molecule has 0 spiro atoms. The topological polar surface area (TPSA) is 84.3 Å². The van der Waals surface area contributed by atoms with Crippen molar-refractivity contribution in [2.24, 2.45) is 0 Å². The smallest absolute Gasteiger partial charge is 0.155 e. The molecule has 7 nitrogen and oxygen atoms in total. The monoisotopic (exact) mass is 255 g/mol. The van der Waals surface area contributed by atoms with Crippen LogP contribution in [0.4, 0.5) is 5.69 Å². The van der Waals surface area contributed by atoms with E-state index in [-0.39, 0.29) is 0 Å². The Morgan fingerprint density at radius 3 is 2.89 bits per heavy atom. The van der Waals surface area contributed by atoms with E-state index in [0.29, 0.717) is 6.54 Å². The molecule has 3 aromatic rings. The van der Waals surface area contributed by atoms with Gasteiger partial charge in [-0.2, -0.15) is 5.10 Å². The molecule has 3 rings (SSSR count). The number of anilines is 1. The molecule has 0 saturated carbocycles. The molecule has 2 N–H and O–H groups in total. The molecule has 0 amide bonds. The Bertz CT molecular complexity index is 639. The minimum absolute atomic E-state index is 0.666. The third-order valence-electron chi connectivity index (χ3n) is 2.80. The first kappa shape index (κ1) is 11.4. The molecule has 0 unspecified atom stereocenters. The first-order valence-electron chi connectivity index (χ1n) is 5.87. The maximum absolute atomic E-state index is 4.31. The number of nitrogens with one attached hydrogen (secondary N) is 2. The van der Waals surface area contributed by atoms with Crippen molar-refractivity contribution in [3.8, 4) is 5.82 Å². The van der Waals surface area contributed by atoms with Crippen molar-refractivity contribution in [2.75, 3.05) is 5.32 Å². The van der Waals surface area contributed by atoms with Crippen molar-refractivity contribution in [1.29, 1.82) is 0 Å². The summed E-state index contributed by atoms with van der Waals surface area (Å²) in [5.74, 6) is 0.735. The third kappa shape index (κ3) is 2.44. The van der Waals surface area contributed by atoms with Crippen molar-refractivity contribution in [1.82, 2.24) is 29.7 Å². The van der Waals surface area contributed by atoms with Gasteiger partial charge in [-0.1, -0.05) is 0 Å². The largest absolute Gasteiger partial charge is 0.378 e. The maximum atomic E-state index is 4.31. The molecule has 3 aromatic heterocycles. The summed E-state index contributed by atoms with van der Waals surface area (Å²) in [5, 5.41) is 7.29. The molecule has 3 heterocycles. The lowest BCUT2D eigenvalue weighted by Crippen LogP contribution is -2.03. The van der Waals surface area contributed by atoms with Gasteiger partial charge in [0.2, 0.25) is 0 Å². The van der Waals surface area contributed by atoms with Crippen molar-refractivity contribution >= 4 is 5.69 Å². The van der Waals surface area contributed by atoms with E-state index in [1.807, 2.05) is 19.1 Å². The molecule has 0 saturated heterocycles. The van der Waals surface area contributed by atoms with Gasteiger partial charge in [-0.15, -0.1) is 0 Å². The number of nitrogens with zero attached hydrogens (tertiary/aromatic N) is 5. The highest BCUT2D eigenvalue weighted by molar-refractivity contribution is 5.43. The first-order valence-corrected chi connectivity index (χ1v) is 5.87. The van der Waals surface area contributed by atoms with E-state index < -0.39 is 0 Å². The fourth-order valence-corrected chi connectivity index (χ4v) is 1.70. The summed E-state index contributed by atoms with van der Waals surface area (Å²) in [6.45, 7) is 2.66. The molecule has 0 aliphatic heterocycles. The van der Waals surface area contributed by atoms with E-state index in [1.54, 1.807) is 23.5 Å². The van der Waals surface area contributed by atoms with Crippen LogP contribution < -0.4 is 5.32 Å². The number of aromatic nitrogens is 6. The molecule has 7 heteroatoms. The lowest BCUT2D eigenvalue weighted by molar-refractivity contribution is 0.845. The van der Waals surface area contributed by atoms with Crippen molar-refractivity contribution in [3.05, 3.63) is 48.7 Å². The van der Waals surface area contributed by atoms with Gasteiger partial charge in [-0.3, -0.25) is 0 Å². The number of pyridine rings is 1. The summed E-state index contributed by atoms with van der Waals surface area (Å²) in [4.78, 5) is 15.5. The second kappa shape index (κ2) is 4.89. The van der Waals surface area contributed by atoms with Crippen LogP contribution in [-0.2, 0) is 6.54 Å². The average Bonchev–Trinajstić information content (AvgIpc) is 3.09. The van der Waals surface area contributed by atoms with Crippen molar-refractivity contribution in [2.45, 2.75) is 13.5 Å². The highest BCUT2D eigenvalue weighted by atomic mass is 15.3. The highest BCUT2D eigenvalue weighted by Gasteiger charge is 2.02. The lowest BCUT2D eigenvalue weighted by atomic mass is 10.3. The SMILES string of the molecule is Cc1[nH]cnc1CNc1ccc(-n2cncn2)nc1. The Morgan fingerprint density at radius 1 is 1.32 bits per heavy atom. The molecular formula is C12H13N7. The number of hydrogen-bond donors (Lipinski definition) is 2. The van der Waals surface area contributed by atoms with Crippen LogP contribution in [0.1, 0.15) is 11.4 Å². The second-order valence-corrected chi connectivity index (χ2v) is 4.07. The molecule has 0 aromatic carbocycles. The average molecular weight is 255 g/mol. The summed E-state index contributed by atoms with van der Waals surface area (Å²) >= 11 is 0. The zero-order valence-electron chi connectivity index (χ0n) is 10.4. The summed E-state index contributed by atoms with van der Waals surface area (Å²) in [5.41, 5.74) is 3.01. The fourth-order valence-electron chi connectivity index (χ4n) is 1.70. The predicted molar refractivity (Wildman–Crippen MR) is 69.8 cm³/mol. The molecule has 0 atom stereocenters. The molecule has 0 bridgehead atoms. The van der Waals surface area contributed by atoms with E-state index in [0.717, 1.165) is 22.9 Å². The van der Waals surface area contributed by atoms with Crippen LogP contribution in [0.2, 0.25) is 0 Å². The number of aryl methyl sites for hydroxylation is 1. The van der Waals surface area contributed by atoms with Crippen LogP contribution in [0.3, 0.4) is 0 Å². The summed E-state index contributed by atoms with van der Waals surface area (Å²) in [6, 6.07) is 3.83. The molecule has 0 aliphatic rings.